The first-order chi connectivity index (χ1) is 15.2. The van der Waals surface area contributed by atoms with Gasteiger partial charge in [-0.2, -0.15) is 0 Å². The average molecular weight is 415 g/mol. The van der Waals surface area contributed by atoms with Crippen molar-refractivity contribution in [2.45, 2.75) is 12.3 Å². The number of hydrogen-bond donors (Lipinski definition) is 1. The predicted molar refractivity (Wildman–Crippen MR) is 121 cm³/mol. The molecule has 0 saturated carbocycles. The van der Waals surface area contributed by atoms with Crippen LogP contribution in [0, 0.1) is 0 Å². The van der Waals surface area contributed by atoms with Crippen LogP contribution in [0.1, 0.15) is 22.6 Å². The summed E-state index contributed by atoms with van der Waals surface area (Å²) in [5.74, 6) is -0.382. The second-order valence-corrected chi connectivity index (χ2v) is 7.61. The van der Waals surface area contributed by atoms with Gasteiger partial charge in [-0.25, -0.2) is 0 Å². The average Bonchev–Trinajstić information content (AvgIpc) is 2.82. The van der Waals surface area contributed by atoms with Gasteiger partial charge < -0.3 is 15.0 Å². The zero-order valence-electron chi connectivity index (χ0n) is 17.4. The van der Waals surface area contributed by atoms with Crippen molar-refractivity contribution in [1.82, 2.24) is 4.90 Å². The summed E-state index contributed by atoms with van der Waals surface area (Å²) in [4.78, 5) is 27.5. The molecule has 0 unspecified atom stereocenters. The van der Waals surface area contributed by atoms with Crippen LogP contribution in [0.2, 0.25) is 0 Å². The van der Waals surface area contributed by atoms with Gasteiger partial charge >= 0.3 is 0 Å². The second-order valence-electron chi connectivity index (χ2n) is 7.61. The summed E-state index contributed by atoms with van der Waals surface area (Å²) < 4.78 is 5.30. The maximum atomic E-state index is 13.2. The number of morpholine rings is 1. The Morgan fingerprint density at radius 3 is 1.90 bits per heavy atom. The largest absolute Gasteiger partial charge is 0.378 e. The van der Waals surface area contributed by atoms with E-state index in [0.717, 1.165) is 16.7 Å². The van der Waals surface area contributed by atoms with E-state index in [1.165, 1.54) is 0 Å². The van der Waals surface area contributed by atoms with E-state index in [2.05, 4.69) is 5.32 Å². The number of rotatable bonds is 6. The summed E-state index contributed by atoms with van der Waals surface area (Å²) in [5.41, 5.74) is 3.53. The normalized spacial score (nSPS) is 13.8. The van der Waals surface area contributed by atoms with E-state index in [-0.39, 0.29) is 11.8 Å². The molecular weight excluding hydrogens is 388 g/mol. The standard InChI is InChI=1S/C26H26N2O3/c29-24(28-15-17-31-18-16-28)19-20-11-13-23(14-12-20)27-26(30)25(21-7-3-1-4-8-21)22-9-5-2-6-10-22/h1-14,25H,15-19H2,(H,27,30). The summed E-state index contributed by atoms with van der Waals surface area (Å²) >= 11 is 0. The lowest BCUT2D eigenvalue weighted by atomic mass is 9.90. The number of ether oxygens (including phenoxy) is 1. The number of benzene rings is 3. The zero-order valence-corrected chi connectivity index (χ0v) is 17.4. The number of carbonyl (C=O) groups excluding carboxylic acids is 2. The minimum atomic E-state index is -0.398. The Labute approximate surface area is 182 Å². The number of anilines is 1. The molecule has 2 amide bonds. The van der Waals surface area contributed by atoms with E-state index in [0.29, 0.717) is 38.4 Å². The molecule has 1 saturated heterocycles. The van der Waals surface area contributed by atoms with Gasteiger partial charge in [0, 0.05) is 18.8 Å². The van der Waals surface area contributed by atoms with Crippen molar-refractivity contribution < 1.29 is 14.3 Å². The first-order valence-corrected chi connectivity index (χ1v) is 10.6. The fourth-order valence-electron chi connectivity index (χ4n) is 3.81. The summed E-state index contributed by atoms with van der Waals surface area (Å²) in [6.07, 6.45) is 0.352. The van der Waals surface area contributed by atoms with Crippen LogP contribution in [-0.2, 0) is 20.7 Å². The topological polar surface area (TPSA) is 58.6 Å². The highest BCUT2D eigenvalue weighted by atomic mass is 16.5. The molecule has 0 radical (unpaired) electrons. The molecule has 4 rings (SSSR count). The van der Waals surface area contributed by atoms with E-state index < -0.39 is 5.92 Å². The number of hydrogen-bond acceptors (Lipinski definition) is 3. The van der Waals surface area contributed by atoms with Crippen LogP contribution in [0.15, 0.2) is 84.9 Å². The summed E-state index contributed by atoms with van der Waals surface area (Å²) in [6.45, 7) is 2.49. The maximum absolute atomic E-state index is 13.2. The molecule has 0 spiro atoms. The van der Waals surface area contributed by atoms with Gasteiger partial charge in [-0.15, -0.1) is 0 Å². The van der Waals surface area contributed by atoms with Gasteiger partial charge in [-0.3, -0.25) is 9.59 Å². The number of carbonyl (C=O) groups is 2. The molecule has 1 fully saturated rings. The monoisotopic (exact) mass is 414 g/mol. The summed E-state index contributed by atoms with van der Waals surface area (Å²) in [7, 11) is 0. The molecule has 0 aliphatic carbocycles. The molecule has 3 aromatic carbocycles. The van der Waals surface area contributed by atoms with Crippen molar-refractivity contribution in [3.05, 3.63) is 102 Å². The van der Waals surface area contributed by atoms with Gasteiger partial charge in [0.25, 0.3) is 0 Å². The molecular formula is C26H26N2O3. The molecule has 1 aliphatic heterocycles. The summed E-state index contributed by atoms with van der Waals surface area (Å²) in [6, 6.07) is 27.0. The highest BCUT2D eigenvalue weighted by Gasteiger charge is 2.23. The Bertz CT molecular complexity index is 958. The van der Waals surface area contributed by atoms with Gasteiger partial charge in [0.15, 0.2) is 0 Å². The summed E-state index contributed by atoms with van der Waals surface area (Å²) in [5, 5.41) is 3.03. The van der Waals surface area contributed by atoms with Gasteiger partial charge in [0.05, 0.1) is 25.6 Å². The zero-order chi connectivity index (χ0) is 21.5. The first-order valence-electron chi connectivity index (χ1n) is 10.6. The van der Waals surface area contributed by atoms with Crippen LogP contribution in [0.25, 0.3) is 0 Å². The van der Waals surface area contributed by atoms with Gasteiger partial charge in [0.2, 0.25) is 11.8 Å². The molecule has 158 valence electrons. The second kappa shape index (κ2) is 10.0. The Morgan fingerprint density at radius 1 is 0.806 bits per heavy atom. The Morgan fingerprint density at radius 2 is 1.35 bits per heavy atom. The number of amides is 2. The molecule has 5 heteroatoms. The Hall–Kier alpha value is -3.44. The molecule has 5 nitrogen and oxygen atoms in total. The van der Waals surface area contributed by atoms with Crippen molar-refractivity contribution >= 4 is 17.5 Å². The fraction of sp³-hybridized carbons (Fsp3) is 0.231. The van der Waals surface area contributed by atoms with Crippen LogP contribution >= 0.6 is 0 Å². The SMILES string of the molecule is O=C(Nc1ccc(CC(=O)N2CCOCC2)cc1)C(c1ccccc1)c1ccccc1. The van der Waals surface area contributed by atoms with Crippen LogP contribution in [0.4, 0.5) is 5.69 Å². The molecule has 1 N–H and O–H groups in total. The molecule has 3 aromatic rings. The lowest BCUT2D eigenvalue weighted by Crippen LogP contribution is -2.41. The van der Waals surface area contributed by atoms with Crippen molar-refractivity contribution in [3.63, 3.8) is 0 Å². The van der Waals surface area contributed by atoms with Crippen LogP contribution < -0.4 is 5.32 Å². The van der Waals surface area contributed by atoms with E-state index in [1.54, 1.807) is 0 Å². The third kappa shape index (κ3) is 5.38. The van der Waals surface area contributed by atoms with Crippen molar-refractivity contribution in [3.8, 4) is 0 Å². The third-order valence-corrected chi connectivity index (χ3v) is 5.47. The molecule has 0 aromatic heterocycles. The van der Waals surface area contributed by atoms with Crippen molar-refractivity contribution in [2.75, 3.05) is 31.6 Å². The minimum Gasteiger partial charge on any atom is -0.378 e. The van der Waals surface area contributed by atoms with E-state index in [4.69, 9.17) is 4.74 Å². The van der Waals surface area contributed by atoms with Crippen molar-refractivity contribution in [1.29, 1.82) is 0 Å². The van der Waals surface area contributed by atoms with Gasteiger partial charge in [-0.05, 0) is 28.8 Å². The molecule has 0 bridgehead atoms. The molecule has 1 aliphatic rings. The number of nitrogens with zero attached hydrogens (tertiary/aromatic N) is 1. The molecule has 0 atom stereocenters. The maximum Gasteiger partial charge on any atom is 0.236 e. The van der Waals surface area contributed by atoms with E-state index in [1.807, 2.05) is 89.8 Å². The highest BCUT2D eigenvalue weighted by molar-refractivity contribution is 5.98. The first kappa shape index (κ1) is 20.8. The fourth-order valence-corrected chi connectivity index (χ4v) is 3.81. The number of nitrogens with one attached hydrogen (secondary N) is 1. The Balaban J connectivity index is 1.45. The lowest BCUT2D eigenvalue weighted by molar-refractivity contribution is -0.134. The predicted octanol–water partition coefficient (Wildman–Crippen LogP) is 3.86. The molecule has 1 heterocycles. The van der Waals surface area contributed by atoms with Crippen LogP contribution in [-0.4, -0.2) is 43.0 Å². The van der Waals surface area contributed by atoms with Crippen molar-refractivity contribution in [2.24, 2.45) is 0 Å². The van der Waals surface area contributed by atoms with Gasteiger partial charge in [-0.1, -0.05) is 72.8 Å². The lowest BCUT2D eigenvalue weighted by Gasteiger charge is -2.26. The van der Waals surface area contributed by atoms with Crippen LogP contribution in [0.5, 0.6) is 0 Å². The van der Waals surface area contributed by atoms with Crippen LogP contribution in [0.3, 0.4) is 0 Å². The smallest absolute Gasteiger partial charge is 0.236 e. The highest BCUT2D eigenvalue weighted by Crippen LogP contribution is 2.26. The minimum absolute atomic E-state index is 0.0884. The Kier molecular flexibility index (Phi) is 6.75. The third-order valence-electron chi connectivity index (χ3n) is 5.47. The van der Waals surface area contributed by atoms with E-state index in [9.17, 15) is 9.59 Å². The molecule has 31 heavy (non-hydrogen) atoms. The van der Waals surface area contributed by atoms with Gasteiger partial charge in [0.1, 0.15) is 0 Å². The van der Waals surface area contributed by atoms with E-state index >= 15 is 0 Å². The quantitative estimate of drug-likeness (QED) is 0.666.